The minimum atomic E-state index is -0.570. The Morgan fingerprint density at radius 2 is 2.09 bits per heavy atom. The molecule has 8 nitrogen and oxygen atoms in total. The molecule has 23 heavy (non-hydrogen) atoms. The summed E-state index contributed by atoms with van der Waals surface area (Å²) in [6.07, 6.45) is 4.48. The molecule has 0 unspecified atom stereocenters. The van der Waals surface area contributed by atoms with Crippen LogP contribution in [0.25, 0.3) is 0 Å². The normalized spacial score (nSPS) is 11.3. The Bertz CT molecular complexity index is 503. The first-order valence-corrected chi connectivity index (χ1v) is 7.81. The Hall–Kier alpha value is -1.93. The highest BCUT2D eigenvalue weighted by atomic mass is 16.5. The van der Waals surface area contributed by atoms with Crippen LogP contribution in [0.2, 0.25) is 0 Å². The van der Waals surface area contributed by atoms with Gasteiger partial charge in [-0.2, -0.15) is 5.10 Å². The van der Waals surface area contributed by atoms with E-state index in [4.69, 9.17) is 10.5 Å². The third kappa shape index (κ3) is 5.33. The predicted molar refractivity (Wildman–Crippen MR) is 87.8 cm³/mol. The molecule has 0 aliphatic rings. The number of methoxy groups -OCH3 is 1. The number of anilines is 1. The van der Waals surface area contributed by atoms with Gasteiger partial charge >= 0.3 is 0 Å². The number of ether oxygens (including phenoxy) is 1. The Balaban J connectivity index is 2.59. The van der Waals surface area contributed by atoms with Gasteiger partial charge in [-0.25, -0.2) is 0 Å². The van der Waals surface area contributed by atoms with Crippen molar-refractivity contribution in [2.24, 2.45) is 11.1 Å². The number of nitrogens with one attached hydrogen (secondary N) is 2. The number of rotatable bonds is 10. The van der Waals surface area contributed by atoms with Crippen molar-refractivity contribution in [3.05, 3.63) is 12.4 Å². The molecule has 0 radical (unpaired) electrons. The summed E-state index contributed by atoms with van der Waals surface area (Å²) >= 11 is 0. The lowest BCUT2D eigenvalue weighted by Crippen LogP contribution is -2.41. The van der Waals surface area contributed by atoms with Crippen LogP contribution >= 0.6 is 0 Å². The van der Waals surface area contributed by atoms with Crippen LogP contribution in [0, 0.1) is 5.41 Å². The van der Waals surface area contributed by atoms with Gasteiger partial charge in [-0.3, -0.25) is 14.3 Å². The lowest BCUT2D eigenvalue weighted by Gasteiger charge is -2.28. The minimum Gasteiger partial charge on any atom is -0.383 e. The molecule has 1 rings (SSSR count). The van der Waals surface area contributed by atoms with Crippen molar-refractivity contribution in [1.29, 1.82) is 0 Å². The summed E-state index contributed by atoms with van der Waals surface area (Å²) in [5, 5.41) is 9.61. The van der Waals surface area contributed by atoms with E-state index in [9.17, 15) is 9.59 Å². The summed E-state index contributed by atoms with van der Waals surface area (Å²) < 4.78 is 6.33. The summed E-state index contributed by atoms with van der Waals surface area (Å²) in [4.78, 5) is 24.1. The first kappa shape index (κ1) is 19.1. The quantitative estimate of drug-likeness (QED) is 0.538. The first-order chi connectivity index (χ1) is 11.0. The lowest BCUT2D eigenvalue weighted by atomic mass is 9.81. The van der Waals surface area contributed by atoms with E-state index >= 15 is 0 Å². The number of nitrogens with zero attached hydrogens (tertiary/aromatic N) is 2. The highest BCUT2D eigenvalue weighted by Crippen LogP contribution is 2.26. The molecule has 130 valence electrons. The van der Waals surface area contributed by atoms with E-state index in [1.165, 1.54) is 10.9 Å². The second kappa shape index (κ2) is 9.26. The molecule has 0 aliphatic carbocycles. The summed E-state index contributed by atoms with van der Waals surface area (Å²) in [5.74, 6) is -0.282. The third-order valence-electron chi connectivity index (χ3n) is 4.05. The molecule has 1 heterocycles. The highest BCUT2D eigenvalue weighted by molar-refractivity contribution is 5.95. The molecule has 1 aromatic heterocycles. The van der Waals surface area contributed by atoms with E-state index < -0.39 is 5.41 Å². The molecule has 0 fully saturated rings. The van der Waals surface area contributed by atoms with Crippen LogP contribution in [-0.2, 0) is 20.9 Å². The maximum Gasteiger partial charge on any atom is 0.241 e. The van der Waals surface area contributed by atoms with Gasteiger partial charge in [-0.1, -0.05) is 13.8 Å². The van der Waals surface area contributed by atoms with Crippen LogP contribution in [0.5, 0.6) is 0 Å². The smallest absolute Gasteiger partial charge is 0.241 e. The van der Waals surface area contributed by atoms with E-state index in [0.29, 0.717) is 38.2 Å². The van der Waals surface area contributed by atoms with Crippen molar-refractivity contribution in [3.8, 4) is 0 Å². The number of nitrogens with two attached hydrogens (primary N) is 1. The maximum absolute atomic E-state index is 12.4. The van der Waals surface area contributed by atoms with E-state index in [2.05, 4.69) is 15.7 Å². The van der Waals surface area contributed by atoms with Crippen LogP contribution in [0.1, 0.15) is 26.7 Å². The van der Waals surface area contributed by atoms with Gasteiger partial charge in [0.2, 0.25) is 11.8 Å². The van der Waals surface area contributed by atoms with Crippen molar-refractivity contribution in [2.75, 3.05) is 32.1 Å². The fourth-order valence-corrected chi connectivity index (χ4v) is 2.23. The van der Waals surface area contributed by atoms with Crippen LogP contribution in [0.3, 0.4) is 0 Å². The van der Waals surface area contributed by atoms with Gasteiger partial charge in [-0.05, 0) is 12.8 Å². The van der Waals surface area contributed by atoms with Gasteiger partial charge in [-0.15, -0.1) is 0 Å². The number of hydrogen-bond donors (Lipinski definition) is 3. The van der Waals surface area contributed by atoms with Crippen molar-refractivity contribution in [3.63, 3.8) is 0 Å². The fourth-order valence-electron chi connectivity index (χ4n) is 2.23. The summed E-state index contributed by atoms with van der Waals surface area (Å²) in [6, 6.07) is 0. The van der Waals surface area contributed by atoms with Crippen molar-refractivity contribution in [1.82, 2.24) is 15.1 Å². The number of carbonyl (C=O) groups is 2. The fraction of sp³-hybridized carbons (Fsp3) is 0.667. The Morgan fingerprint density at radius 1 is 1.39 bits per heavy atom. The van der Waals surface area contributed by atoms with Crippen molar-refractivity contribution in [2.45, 2.75) is 33.2 Å². The zero-order valence-electron chi connectivity index (χ0n) is 14.1. The molecule has 4 N–H and O–H groups in total. The number of carbonyl (C=O) groups excluding carboxylic acids is 2. The average Bonchev–Trinajstić information content (AvgIpc) is 2.97. The standard InChI is InChI=1S/C15H27N5O3/c1-4-15(5-2,11-16)14(22)19-12-8-18-20(9-12)10-13(21)17-6-7-23-3/h8-9H,4-7,10-11,16H2,1-3H3,(H,17,21)(H,19,22). The molecule has 0 aliphatic heterocycles. The summed E-state index contributed by atoms with van der Waals surface area (Å²) in [7, 11) is 1.57. The first-order valence-electron chi connectivity index (χ1n) is 7.81. The van der Waals surface area contributed by atoms with Crippen LogP contribution in [-0.4, -0.2) is 48.4 Å². The maximum atomic E-state index is 12.4. The van der Waals surface area contributed by atoms with Crippen LogP contribution < -0.4 is 16.4 Å². The largest absolute Gasteiger partial charge is 0.383 e. The van der Waals surface area contributed by atoms with Gasteiger partial charge < -0.3 is 21.1 Å². The zero-order valence-corrected chi connectivity index (χ0v) is 14.1. The highest BCUT2D eigenvalue weighted by Gasteiger charge is 2.33. The third-order valence-corrected chi connectivity index (χ3v) is 4.05. The molecule has 0 bridgehead atoms. The van der Waals surface area contributed by atoms with Crippen LogP contribution in [0.15, 0.2) is 12.4 Å². The monoisotopic (exact) mass is 325 g/mol. The van der Waals surface area contributed by atoms with Crippen molar-refractivity contribution < 1.29 is 14.3 Å². The molecule has 0 atom stereocenters. The Kier molecular flexibility index (Phi) is 7.70. The summed E-state index contributed by atoms with van der Waals surface area (Å²) in [5.41, 5.74) is 5.75. The SMILES string of the molecule is CCC(CC)(CN)C(=O)Nc1cnn(CC(=O)NCCOC)c1. The minimum absolute atomic E-state index is 0.0865. The van der Waals surface area contributed by atoms with E-state index in [1.807, 2.05) is 13.8 Å². The molecule has 0 saturated heterocycles. The second-order valence-corrected chi connectivity index (χ2v) is 5.42. The average molecular weight is 325 g/mol. The number of hydrogen-bond acceptors (Lipinski definition) is 5. The Labute approximate surface area is 136 Å². The second-order valence-electron chi connectivity index (χ2n) is 5.42. The molecule has 0 spiro atoms. The molecular weight excluding hydrogens is 298 g/mol. The summed E-state index contributed by atoms with van der Waals surface area (Å²) in [6.45, 7) is 5.19. The van der Waals surface area contributed by atoms with Gasteiger partial charge in [0.1, 0.15) is 6.54 Å². The molecule has 2 amide bonds. The van der Waals surface area contributed by atoms with Gasteiger partial charge in [0.05, 0.1) is 23.9 Å². The van der Waals surface area contributed by atoms with Gasteiger partial charge in [0.15, 0.2) is 0 Å². The van der Waals surface area contributed by atoms with Gasteiger partial charge in [0, 0.05) is 26.4 Å². The molecule has 0 saturated carbocycles. The topological polar surface area (TPSA) is 111 Å². The Morgan fingerprint density at radius 3 is 2.65 bits per heavy atom. The lowest BCUT2D eigenvalue weighted by molar-refractivity contribution is -0.125. The molecule has 0 aromatic carbocycles. The molecule has 1 aromatic rings. The van der Waals surface area contributed by atoms with Gasteiger partial charge in [0.25, 0.3) is 0 Å². The van der Waals surface area contributed by atoms with E-state index in [0.717, 1.165) is 0 Å². The van der Waals surface area contributed by atoms with Crippen molar-refractivity contribution >= 4 is 17.5 Å². The number of aromatic nitrogens is 2. The molecule has 8 heteroatoms. The zero-order chi connectivity index (χ0) is 17.3. The van der Waals surface area contributed by atoms with E-state index in [1.54, 1.807) is 13.3 Å². The number of amides is 2. The van der Waals surface area contributed by atoms with Crippen LogP contribution in [0.4, 0.5) is 5.69 Å². The molecular formula is C15H27N5O3. The predicted octanol–water partition coefficient (Wildman–Crippen LogP) is 0.349. The van der Waals surface area contributed by atoms with E-state index in [-0.39, 0.29) is 18.4 Å².